The third kappa shape index (κ3) is 7.02. The van der Waals surface area contributed by atoms with Crippen molar-refractivity contribution >= 4 is 29.9 Å². The maximum atomic E-state index is 11.9. The van der Waals surface area contributed by atoms with E-state index in [1.165, 1.54) is 0 Å². The number of hydrogen-bond donors (Lipinski definition) is 2. The molecule has 0 aliphatic carbocycles. The minimum absolute atomic E-state index is 0. The van der Waals surface area contributed by atoms with Gasteiger partial charge in [0.05, 0.1) is 12.1 Å². The maximum absolute atomic E-state index is 11.9. The van der Waals surface area contributed by atoms with Crippen molar-refractivity contribution in [2.75, 3.05) is 6.54 Å². The van der Waals surface area contributed by atoms with Gasteiger partial charge in [-0.05, 0) is 44.5 Å². The van der Waals surface area contributed by atoms with Crippen molar-refractivity contribution in [2.24, 2.45) is 5.73 Å². The van der Waals surface area contributed by atoms with Crippen LogP contribution in [0.4, 0.5) is 0 Å². The van der Waals surface area contributed by atoms with Gasteiger partial charge in [-0.3, -0.25) is 4.79 Å². The van der Waals surface area contributed by atoms with Crippen LogP contribution >= 0.6 is 24.0 Å². The molecule has 0 aliphatic rings. The molecule has 0 radical (unpaired) electrons. The van der Waals surface area contributed by atoms with Gasteiger partial charge in [-0.15, -0.1) is 12.4 Å². The molecule has 3 N–H and O–H groups in total. The second kappa shape index (κ2) is 9.13. The zero-order valence-electron chi connectivity index (χ0n) is 12.7. The largest absolute Gasteiger partial charge is 0.489 e. The Morgan fingerprint density at radius 1 is 1.43 bits per heavy atom. The summed E-state index contributed by atoms with van der Waals surface area (Å²) in [4.78, 5) is 11.9. The van der Waals surface area contributed by atoms with Crippen molar-refractivity contribution in [3.63, 3.8) is 0 Å². The van der Waals surface area contributed by atoms with Gasteiger partial charge in [0.2, 0.25) is 5.91 Å². The molecule has 0 heterocycles. The second-order valence-electron chi connectivity index (χ2n) is 5.26. The van der Waals surface area contributed by atoms with Crippen LogP contribution in [0.5, 0.6) is 5.75 Å². The monoisotopic (exact) mass is 334 g/mol. The summed E-state index contributed by atoms with van der Waals surface area (Å²) in [5.74, 6) is 0.575. The summed E-state index contributed by atoms with van der Waals surface area (Å²) in [6.07, 6.45) is 1.39. The number of hydrogen-bond acceptors (Lipinski definition) is 3. The number of rotatable bonds is 7. The molecule has 1 aromatic rings. The van der Waals surface area contributed by atoms with E-state index in [0.29, 0.717) is 18.0 Å². The normalized spacial score (nSPS) is 14.5. The third-order valence-electron chi connectivity index (χ3n) is 2.99. The quantitative estimate of drug-likeness (QED) is 0.804. The van der Waals surface area contributed by atoms with Gasteiger partial charge in [-0.25, -0.2) is 0 Å². The minimum Gasteiger partial charge on any atom is -0.489 e. The summed E-state index contributed by atoms with van der Waals surface area (Å²) in [6.45, 7) is 6.06. The molecule has 0 saturated carbocycles. The Morgan fingerprint density at radius 2 is 2.00 bits per heavy atom. The molecule has 0 aliphatic heterocycles. The van der Waals surface area contributed by atoms with Crippen LogP contribution in [0.1, 0.15) is 33.6 Å². The number of ether oxygens (including phenoxy) is 1. The highest BCUT2D eigenvalue weighted by Gasteiger charge is 2.27. The molecular weight excluding hydrogens is 311 g/mol. The van der Waals surface area contributed by atoms with Crippen LogP contribution in [0.25, 0.3) is 0 Å². The van der Waals surface area contributed by atoms with Crippen molar-refractivity contribution in [1.29, 1.82) is 0 Å². The lowest BCUT2D eigenvalue weighted by molar-refractivity contribution is -0.126. The van der Waals surface area contributed by atoms with Gasteiger partial charge in [0.15, 0.2) is 0 Å². The standard InChI is InChI=1S/C15H23ClN2O2.ClH/c1-4-9-15(3,17)14(19)18-10-11(2)20-13-7-5-12(16)6-8-13;/h5-8,11H,4,9-10,17H2,1-3H3,(H,18,19);1H. The van der Waals surface area contributed by atoms with E-state index < -0.39 is 5.54 Å². The average molecular weight is 335 g/mol. The fourth-order valence-electron chi connectivity index (χ4n) is 1.86. The smallest absolute Gasteiger partial charge is 0.239 e. The predicted molar refractivity (Wildman–Crippen MR) is 89.3 cm³/mol. The lowest BCUT2D eigenvalue weighted by Crippen LogP contribution is -2.53. The molecule has 0 saturated heterocycles. The van der Waals surface area contributed by atoms with Gasteiger partial charge < -0.3 is 15.8 Å². The highest BCUT2D eigenvalue weighted by atomic mass is 35.5. The molecule has 2 unspecified atom stereocenters. The van der Waals surface area contributed by atoms with Gasteiger partial charge >= 0.3 is 0 Å². The average Bonchev–Trinajstić information content (AvgIpc) is 2.38. The van der Waals surface area contributed by atoms with Crippen molar-refractivity contribution < 1.29 is 9.53 Å². The fraction of sp³-hybridized carbons (Fsp3) is 0.533. The van der Waals surface area contributed by atoms with E-state index in [4.69, 9.17) is 22.1 Å². The van der Waals surface area contributed by atoms with Crippen molar-refractivity contribution in [1.82, 2.24) is 5.32 Å². The number of carbonyl (C=O) groups excluding carboxylic acids is 1. The second-order valence-corrected chi connectivity index (χ2v) is 5.70. The maximum Gasteiger partial charge on any atom is 0.239 e. The van der Waals surface area contributed by atoms with E-state index in [0.717, 1.165) is 12.2 Å². The van der Waals surface area contributed by atoms with E-state index in [9.17, 15) is 4.79 Å². The number of amides is 1. The molecule has 6 heteroatoms. The first-order valence-electron chi connectivity index (χ1n) is 6.84. The van der Waals surface area contributed by atoms with Crippen molar-refractivity contribution in [3.05, 3.63) is 29.3 Å². The summed E-state index contributed by atoms with van der Waals surface area (Å²) in [7, 11) is 0. The Kier molecular flexibility index (Phi) is 8.71. The Bertz CT molecular complexity index is 436. The van der Waals surface area contributed by atoms with Crippen LogP contribution in [0.2, 0.25) is 5.02 Å². The Hall–Kier alpha value is -0.970. The molecule has 0 bridgehead atoms. The molecule has 0 fully saturated rings. The summed E-state index contributed by atoms with van der Waals surface area (Å²) in [5, 5.41) is 3.49. The highest BCUT2D eigenvalue weighted by molar-refractivity contribution is 6.30. The number of halogens is 2. The number of benzene rings is 1. The van der Waals surface area contributed by atoms with Gasteiger partial charge in [0.1, 0.15) is 11.9 Å². The number of nitrogens with one attached hydrogen (secondary N) is 1. The van der Waals surface area contributed by atoms with Crippen LogP contribution in [-0.2, 0) is 4.79 Å². The van der Waals surface area contributed by atoms with E-state index >= 15 is 0 Å². The summed E-state index contributed by atoms with van der Waals surface area (Å²) >= 11 is 5.80. The Morgan fingerprint density at radius 3 is 2.52 bits per heavy atom. The molecule has 120 valence electrons. The first kappa shape index (κ1) is 20.0. The van der Waals surface area contributed by atoms with Gasteiger partial charge in [-0.1, -0.05) is 24.9 Å². The van der Waals surface area contributed by atoms with E-state index in [1.807, 2.05) is 13.8 Å². The molecule has 4 nitrogen and oxygen atoms in total. The zero-order valence-corrected chi connectivity index (χ0v) is 14.3. The Balaban J connectivity index is 0.00000400. The predicted octanol–water partition coefficient (Wildman–Crippen LogP) is 3.16. The van der Waals surface area contributed by atoms with Crippen LogP contribution in [-0.4, -0.2) is 24.1 Å². The third-order valence-corrected chi connectivity index (χ3v) is 3.24. The van der Waals surface area contributed by atoms with Crippen LogP contribution in [0, 0.1) is 0 Å². The van der Waals surface area contributed by atoms with Crippen LogP contribution < -0.4 is 15.8 Å². The molecule has 0 spiro atoms. The topological polar surface area (TPSA) is 64.4 Å². The summed E-state index contributed by atoms with van der Waals surface area (Å²) < 4.78 is 5.68. The SMILES string of the molecule is CCCC(C)(N)C(=O)NCC(C)Oc1ccc(Cl)cc1.Cl. The number of carbonyl (C=O) groups is 1. The van der Waals surface area contributed by atoms with Crippen molar-refractivity contribution in [2.45, 2.75) is 45.3 Å². The van der Waals surface area contributed by atoms with E-state index in [-0.39, 0.29) is 24.4 Å². The summed E-state index contributed by atoms with van der Waals surface area (Å²) in [5.41, 5.74) is 5.13. The van der Waals surface area contributed by atoms with Crippen LogP contribution in [0.3, 0.4) is 0 Å². The van der Waals surface area contributed by atoms with Crippen LogP contribution in [0.15, 0.2) is 24.3 Å². The van der Waals surface area contributed by atoms with E-state index in [2.05, 4.69) is 5.32 Å². The van der Waals surface area contributed by atoms with Gasteiger partial charge in [-0.2, -0.15) is 0 Å². The molecule has 2 atom stereocenters. The van der Waals surface area contributed by atoms with Gasteiger partial charge in [0, 0.05) is 5.02 Å². The molecule has 1 aromatic carbocycles. The summed E-state index contributed by atoms with van der Waals surface area (Å²) in [6, 6.07) is 7.12. The molecule has 1 amide bonds. The lowest BCUT2D eigenvalue weighted by Gasteiger charge is -2.24. The zero-order chi connectivity index (χ0) is 15.2. The lowest BCUT2D eigenvalue weighted by atomic mass is 9.96. The minimum atomic E-state index is -0.825. The molecule has 1 rings (SSSR count). The fourth-order valence-corrected chi connectivity index (χ4v) is 1.98. The van der Waals surface area contributed by atoms with Crippen molar-refractivity contribution in [3.8, 4) is 5.75 Å². The first-order chi connectivity index (χ1) is 9.35. The molecule has 21 heavy (non-hydrogen) atoms. The molecule has 0 aromatic heterocycles. The number of nitrogens with two attached hydrogens (primary N) is 1. The van der Waals surface area contributed by atoms with Gasteiger partial charge in [0.25, 0.3) is 0 Å². The Labute approximate surface area is 137 Å². The van der Waals surface area contributed by atoms with E-state index in [1.54, 1.807) is 31.2 Å². The highest BCUT2D eigenvalue weighted by Crippen LogP contribution is 2.16. The molecular formula is C15H24Cl2N2O2. The first-order valence-corrected chi connectivity index (χ1v) is 7.22.